The van der Waals surface area contributed by atoms with E-state index in [1.54, 1.807) is 0 Å². The predicted octanol–water partition coefficient (Wildman–Crippen LogP) is 3.76. The zero-order valence-corrected chi connectivity index (χ0v) is 12.2. The second-order valence-electron chi connectivity index (χ2n) is 4.47. The molecule has 0 saturated carbocycles. The first-order valence-electron chi connectivity index (χ1n) is 5.96. The number of rotatable bonds is 4. The van der Waals surface area contributed by atoms with Gasteiger partial charge in [-0.15, -0.1) is 0 Å². The van der Waals surface area contributed by atoms with Gasteiger partial charge in [-0.1, -0.05) is 17.7 Å². The molecule has 17 heavy (non-hydrogen) atoms. The highest BCUT2D eigenvalue weighted by atomic mass is 79.9. The van der Waals surface area contributed by atoms with E-state index in [-0.39, 0.29) is 0 Å². The Kier molecular flexibility index (Phi) is 4.86. The molecule has 1 aromatic rings. The summed E-state index contributed by atoms with van der Waals surface area (Å²) in [7, 11) is 0. The van der Waals surface area contributed by atoms with Gasteiger partial charge in [0.05, 0.1) is 11.1 Å². The van der Waals surface area contributed by atoms with Gasteiger partial charge in [-0.3, -0.25) is 0 Å². The van der Waals surface area contributed by atoms with Gasteiger partial charge in [0.25, 0.3) is 0 Å². The van der Waals surface area contributed by atoms with E-state index < -0.39 is 0 Å². The summed E-state index contributed by atoms with van der Waals surface area (Å²) < 4.78 is 6.60. The van der Waals surface area contributed by atoms with Crippen molar-refractivity contribution in [2.45, 2.75) is 38.5 Å². The SMILES string of the molecule is CC(NCc1ccc(Cl)c(Br)c1)C1CCCO1. The largest absolute Gasteiger partial charge is 0.377 e. The Morgan fingerprint density at radius 2 is 2.41 bits per heavy atom. The summed E-state index contributed by atoms with van der Waals surface area (Å²) in [6.07, 6.45) is 2.72. The monoisotopic (exact) mass is 317 g/mol. The summed E-state index contributed by atoms with van der Waals surface area (Å²) in [4.78, 5) is 0. The van der Waals surface area contributed by atoms with Crippen molar-refractivity contribution in [3.63, 3.8) is 0 Å². The molecule has 0 spiro atoms. The van der Waals surface area contributed by atoms with Crippen LogP contribution in [0.4, 0.5) is 0 Å². The standard InChI is InChI=1S/C13H17BrClNO/c1-9(13-3-2-6-17-13)16-8-10-4-5-12(15)11(14)7-10/h4-5,7,9,13,16H,2-3,6,8H2,1H3. The predicted molar refractivity (Wildman–Crippen MR) is 74.4 cm³/mol. The Labute approximate surface area is 116 Å². The van der Waals surface area contributed by atoms with Crippen molar-refractivity contribution < 1.29 is 4.74 Å². The normalized spacial score (nSPS) is 21.7. The van der Waals surface area contributed by atoms with Gasteiger partial charge in [0.1, 0.15) is 0 Å². The third kappa shape index (κ3) is 3.68. The highest BCUT2D eigenvalue weighted by Crippen LogP contribution is 2.23. The maximum absolute atomic E-state index is 5.96. The van der Waals surface area contributed by atoms with E-state index in [4.69, 9.17) is 16.3 Å². The Balaban J connectivity index is 1.86. The van der Waals surface area contributed by atoms with Gasteiger partial charge < -0.3 is 10.1 Å². The molecule has 0 aliphatic carbocycles. The Hall–Kier alpha value is -0.0900. The molecule has 94 valence electrons. The van der Waals surface area contributed by atoms with Crippen LogP contribution in [0.15, 0.2) is 22.7 Å². The Bertz CT molecular complexity index is 380. The van der Waals surface area contributed by atoms with E-state index in [0.717, 1.165) is 22.6 Å². The molecule has 0 radical (unpaired) electrons. The van der Waals surface area contributed by atoms with E-state index in [9.17, 15) is 0 Å². The van der Waals surface area contributed by atoms with Crippen molar-refractivity contribution in [2.24, 2.45) is 0 Å². The van der Waals surface area contributed by atoms with Crippen LogP contribution >= 0.6 is 27.5 Å². The fraction of sp³-hybridized carbons (Fsp3) is 0.538. The van der Waals surface area contributed by atoms with Crippen molar-refractivity contribution >= 4 is 27.5 Å². The van der Waals surface area contributed by atoms with Crippen LogP contribution in [0.3, 0.4) is 0 Å². The van der Waals surface area contributed by atoms with Crippen molar-refractivity contribution in [2.75, 3.05) is 6.61 Å². The van der Waals surface area contributed by atoms with E-state index >= 15 is 0 Å². The van der Waals surface area contributed by atoms with Gasteiger partial charge >= 0.3 is 0 Å². The van der Waals surface area contributed by atoms with Crippen LogP contribution < -0.4 is 5.32 Å². The average molecular weight is 319 g/mol. The zero-order valence-electron chi connectivity index (χ0n) is 9.88. The number of hydrogen-bond acceptors (Lipinski definition) is 2. The van der Waals surface area contributed by atoms with Crippen molar-refractivity contribution in [1.29, 1.82) is 0 Å². The van der Waals surface area contributed by atoms with E-state index in [0.29, 0.717) is 12.1 Å². The minimum Gasteiger partial charge on any atom is -0.377 e. The molecule has 1 aromatic carbocycles. The first-order chi connectivity index (χ1) is 8.16. The second-order valence-corrected chi connectivity index (χ2v) is 5.73. The van der Waals surface area contributed by atoms with Gasteiger partial charge in [0, 0.05) is 23.7 Å². The minimum atomic E-state index is 0.366. The lowest BCUT2D eigenvalue weighted by Gasteiger charge is -2.20. The Morgan fingerprint density at radius 1 is 1.59 bits per heavy atom. The second kappa shape index (κ2) is 6.19. The molecule has 2 unspecified atom stereocenters. The van der Waals surface area contributed by atoms with E-state index in [1.807, 2.05) is 12.1 Å². The van der Waals surface area contributed by atoms with Crippen LogP contribution in [0.2, 0.25) is 5.02 Å². The minimum absolute atomic E-state index is 0.366. The topological polar surface area (TPSA) is 21.3 Å². The lowest BCUT2D eigenvalue weighted by molar-refractivity contribution is 0.0832. The van der Waals surface area contributed by atoms with Crippen LogP contribution in [0, 0.1) is 0 Å². The highest BCUT2D eigenvalue weighted by molar-refractivity contribution is 9.10. The molecule has 1 saturated heterocycles. The third-order valence-electron chi connectivity index (χ3n) is 3.13. The van der Waals surface area contributed by atoms with E-state index in [2.05, 4.69) is 34.2 Å². The molecular formula is C13H17BrClNO. The third-order valence-corrected chi connectivity index (χ3v) is 4.35. The fourth-order valence-electron chi connectivity index (χ4n) is 2.06. The summed E-state index contributed by atoms with van der Waals surface area (Å²) in [5.74, 6) is 0. The Morgan fingerprint density at radius 3 is 3.06 bits per heavy atom. The molecule has 1 N–H and O–H groups in total. The molecule has 1 heterocycles. The summed E-state index contributed by atoms with van der Waals surface area (Å²) in [5, 5.41) is 4.25. The van der Waals surface area contributed by atoms with Crippen LogP contribution in [0.1, 0.15) is 25.3 Å². The highest BCUT2D eigenvalue weighted by Gasteiger charge is 2.21. The van der Waals surface area contributed by atoms with Gasteiger partial charge in [-0.2, -0.15) is 0 Å². The molecule has 0 amide bonds. The summed E-state index contributed by atoms with van der Waals surface area (Å²) >= 11 is 9.39. The van der Waals surface area contributed by atoms with Gasteiger partial charge in [0.15, 0.2) is 0 Å². The van der Waals surface area contributed by atoms with Crippen molar-refractivity contribution in [3.8, 4) is 0 Å². The summed E-state index contributed by atoms with van der Waals surface area (Å²) in [5.41, 5.74) is 1.23. The lowest BCUT2D eigenvalue weighted by Crippen LogP contribution is -2.36. The number of ether oxygens (including phenoxy) is 1. The zero-order chi connectivity index (χ0) is 12.3. The van der Waals surface area contributed by atoms with Crippen molar-refractivity contribution in [3.05, 3.63) is 33.3 Å². The quantitative estimate of drug-likeness (QED) is 0.912. The van der Waals surface area contributed by atoms with Crippen LogP contribution in [-0.2, 0) is 11.3 Å². The maximum Gasteiger partial charge on any atom is 0.0726 e. The van der Waals surface area contributed by atoms with Gasteiger partial charge in [-0.25, -0.2) is 0 Å². The molecule has 1 aliphatic rings. The molecule has 1 aliphatic heterocycles. The maximum atomic E-state index is 5.96. The number of nitrogens with one attached hydrogen (secondary N) is 1. The summed E-state index contributed by atoms with van der Waals surface area (Å²) in [6, 6.07) is 6.41. The van der Waals surface area contributed by atoms with Gasteiger partial charge in [0.2, 0.25) is 0 Å². The summed E-state index contributed by atoms with van der Waals surface area (Å²) in [6.45, 7) is 3.93. The lowest BCUT2D eigenvalue weighted by atomic mass is 10.1. The molecule has 2 rings (SSSR count). The van der Waals surface area contributed by atoms with Crippen LogP contribution in [0.5, 0.6) is 0 Å². The fourth-order valence-corrected chi connectivity index (χ4v) is 2.60. The van der Waals surface area contributed by atoms with E-state index in [1.165, 1.54) is 18.4 Å². The molecule has 4 heteroatoms. The number of benzene rings is 1. The average Bonchev–Trinajstić information content (AvgIpc) is 2.84. The molecule has 2 nitrogen and oxygen atoms in total. The molecule has 2 atom stereocenters. The van der Waals surface area contributed by atoms with Crippen LogP contribution in [0.25, 0.3) is 0 Å². The van der Waals surface area contributed by atoms with Gasteiger partial charge in [-0.05, 0) is 53.4 Å². The molecule has 1 fully saturated rings. The van der Waals surface area contributed by atoms with Crippen molar-refractivity contribution in [1.82, 2.24) is 5.32 Å². The van der Waals surface area contributed by atoms with Crippen LogP contribution in [-0.4, -0.2) is 18.8 Å². The number of hydrogen-bond donors (Lipinski definition) is 1. The molecule has 0 bridgehead atoms. The number of halogens is 2. The first-order valence-corrected chi connectivity index (χ1v) is 7.13. The molecule has 0 aromatic heterocycles. The smallest absolute Gasteiger partial charge is 0.0726 e. The molecular weight excluding hydrogens is 302 g/mol. The first kappa shape index (κ1) is 13.3.